The Bertz CT molecular complexity index is 749. The fraction of sp³-hybridized carbons (Fsp3) is 0.500. The number of rotatable bonds is 4. The largest absolute Gasteiger partial charge is 0.479 e. The molecule has 0 radical (unpaired) electrons. The fourth-order valence-electron chi connectivity index (χ4n) is 1.98. The van der Waals surface area contributed by atoms with E-state index in [9.17, 15) is 28.3 Å². The van der Waals surface area contributed by atoms with Crippen LogP contribution in [0.15, 0.2) is 12.1 Å². The number of carboxylic acid groups (broad SMARTS) is 1. The van der Waals surface area contributed by atoms with Crippen molar-refractivity contribution in [2.45, 2.75) is 58.8 Å². The first-order valence-corrected chi connectivity index (χ1v) is 8.06. The van der Waals surface area contributed by atoms with E-state index >= 15 is 0 Å². The lowest BCUT2D eigenvalue weighted by molar-refractivity contribution is -0.139. The number of amides is 1. The molecule has 9 heteroatoms. The van der Waals surface area contributed by atoms with Crippen LogP contribution in [0.4, 0.5) is 13.6 Å². The molecule has 1 aromatic rings. The molecule has 150 valence electrons. The number of ether oxygens (including phenoxy) is 2. The number of hydrogen-bond acceptors (Lipinski definition) is 5. The van der Waals surface area contributed by atoms with E-state index in [0.717, 1.165) is 12.1 Å². The summed E-state index contributed by atoms with van der Waals surface area (Å²) < 4.78 is 38.6. The standard InChI is InChI=1S/C18H23F2NO6/c1-17(2,3)26-15(24)10-8-7-9(11(19)12(10)20)13(14(22)23)21-16(25)27-18(4,5)6/h7-8,13H,1-6H3,(H,21,25)(H,22,23). The molecule has 0 heterocycles. The Balaban J connectivity index is 3.20. The molecule has 1 aromatic carbocycles. The number of carbonyl (C=O) groups excluding carboxylic acids is 2. The van der Waals surface area contributed by atoms with Crippen LogP contribution < -0.4 is 5.32 Å². The van der Waals surface area contributed by atoms with Crippen molar-refractivity contribution in [1.82, 2.24) is 5.32 Å². The van der Waals surface area contributed by atoms with E-state index in [4.69, 9.17) is 9.47 Å². The lowest BCUT2D eigenvalue weighted by atomic mass is 10.0. The van der Waals surface area contributed by atoms with Gasteiger partial charge in [-0.1, -0.05) is 6.07 Å². The molecule has 0 bridgehead atoms. The number of halogens is 2. The molecule has 0 saturated heterocycles. The molecule has 1 atom stereocenters. The highest BCUT2D eigenvalue weighted by atomic mass is 19.2. The Morgan fingerprint density at radius 3 is 1.93 bits per heavy atom. The highest BCUT2D eigenvalue weighted by Gasteiger charge is 2.31. The molecule has 2 N–H and O–H groups in total. The lowest BCUT2D eigenvalue weighted by Crippen LogP contribution is -2.38. The highest BCUT2D eigenvalue weighted by molar-refractivity contribution is 5.90. The van der Waals surface area contributed by atoms with Gasteiger partial charge in [0.2, 0.25) is 0 Å². The second kappa shape index (κ2) is 7.89. The van der Waals surface area contributed by atoms with Gasteiger partial charge in [-0.25, -0.2) is 23.2 Å². The number of carbonyl (C=O) groups is 3. The predicted octanol–water partition coefficient (Wildman–Crippen LogP) is 3.57. The summed E-state index contributed by atoms with van der Waals surface area (Å²) in [4.78, 5) is 35.2. The van der Waals surface area contributed by atoms with Crippen LogP contribution in [0.5, 0.6) is 0 Å². The monoisotopic (exact) mass is 387 g/mol. The number of hydrogen-bond donors (Lipinski definition) is 2. The molecule has 1 rings (SSSR count). The molecular formula is C18H23F2NO6. The van der Waals surface area contributed by atoms with Crippen LogP contribution in [0, 0.1) is 11.6 Å². The van der Waals surface area contributed by atoms with Crippen molar-refractivity contribution in [2.75, 3.05) is 0 Å². The molecule has 0 aromatic heterocycles. The fourth-order valence-corrected chi connectivity index (χ4v) is 1.98. The summed E-state index contributed by atoms with van der Waals surface area (Å²) in [6, 6.07) is -0.121. The van der Waals surface area contributed by atoms with Crippen molar-refractivity contribution in [3.05, 3.63) is 34.9 Å². The zero-order valence-electron chi connectivity index (χ0n) is 16.0. The minimum Gasteiger partial charge on any atom is -0.479 e. The molecular weight excluding hydrogens is 364 g/mol. The van der Waals surface area contributed by atoms with Crippen LogP contribution in [0.3, 0.4) is 0 Å². The molecule has 0 aliphatic rings. The van der Waals surface area contributed by atoms with E-state index in [0.29, 0.717) is 0 Å². The van der Waals surface area contributed by atoms with Crippen molar-refractivity contribution in [3.8, 4) is 0 Å². The first-order chi connectivity index (χ1) is 12.1. The smallest absolute Gasteiger partial charge is 0.408 e. The van der Waals surface area contributed by atoms with E-state index in [1.165, 1.54) is 0 Å². The van der Waals surface area contributed by atoms with Gasteiger partial charge in [-0.15, -0.1) is 0 Å². The topological polar surface area (TPSA) is 102 Å². The van der Waals surface area contributed by atoms with Gasteiger partial charge in [0.25, 0.3) is 0 Å². The predicted molar refractivity (Wildman–Crippen MR) is 91.3 cm³/mol. The summed E-state index contributed by atoms with van der Waals surface area (Å²) in [6.07, 6.45) is -1.12. The molecule has 0 aliphatic heterocycles. The quantitative estimate of drug-likeness (QED) is 0.766. The molecule has 1 unspecified atom stereocenters. The summed E-state index contributed by atoms with van der Waals surface area (Å²) in [5.74, 6) is -5.89. The first-order valence-electron chi connectivity index (χ1n) is 8.06. The summed E-state index contributed by atoms with van der Waals surface area (Å²) in [5, 5.41) is 11.2. The average molecular weight is 387 g/mol. The maximum Gasteiger partial charge on any atom is 0.408 e. The summed E-state index contributed by atoms with van der Waals surface area (Å²) in [5.41, 5.74) is -3.20. The molecule has 0 fully saturated rings. The van der Waals surface area contributed by atoms with Gasteiger partial charge in [-0.3, -0.25) is 0 Å². The van der Waals surface area contributed by atoms with Gasteiger partial charge >= 0.3 is 18.0 Å². The zero-order chi connectivity index (χ0) is 21.2. The summed E-state index contributed by atoms with van der Waals surface area (Å²) in [6.45, 7) is 9.32. The van der Waals surface area contributed by atoms with Gasteiger partial charge in [0.15, 0.2) is 17.7 Å². The summed E-state index contributed by atoms with van der Waals surface area (Å²) >= 11 is 0. The average Bonchev–Trinajstić information content (AvgIpc) is 2.44. The minimum atomic E-state index is -1.91. The number of benzene rings is 1. The van der Waals surface area contributed by atoms with Gasteiger partial charge in [-0.05, 0) is 47.6 Å². The third-order valence-electron chi connectivity index (χ3n) is 2.95. The number of nitrogens with one attached hydrogen (secondary N) is 1. The third-order valence-corrected chi connectivity index (χ3v) is 2.95. The molecule has 27 heavy (non-hydrogen) atoms. The van der Waals surface area contributed by atoms with Crippen LogP contribution in [-0.4, -0.2) is 34.3 Å². The molecule has 1 amide bonds. The molecule has 0 aliphatic carbocycles. The van der Waals surface area contributed by atoms with Crippen molar-refractivity contribution < 1.29 is 37.7 Å². The summed E-state index contributed by atoms with van der Waals surface area (Å²) in [7, 11) is 0. The van der Waals surface area contributed by atoms with E-state index in [2.05, 4.69) is 0 Å². The van der Waals surface area contributed by atoms with Gasteiger partial charge < -0.3 is 19.9 Å². The first kappa shape index (κ1) is 22.3. The van der Waals surface area contributed by atoms with Crippen LogP contribution in [0.25, 0.3) is 0 Å². The second-order valence-electron chi connectivity index (χ2n) is 7.75. The Kier molecular flexibility index (Phi) is 6.53. The lowest BCUT2D eigenvalue weighted by Gasteiger charge is -2.23. The van der Waals surface area contributed by atoms with Gasteiger partial charge in [0.1, 0.15) is 11.2 Å². The zero-order valence-corrected chi connectivity index (χ0v) is 16.0. The van der Waals surface area contributed by atoms with Crippen molar-refractivity contribution in [3.63, 3.8) is 0 Å². The molecule has 0 saturated carbocycles. The van der Waals surface area contributed by atoms with E-state index in [-0.39, 0.29) is 0 Å². The van der Waals surface area contributed by atoms with Crippen LogP contribution in [-0.2, 0) is 14.3 Å². The number of aliphatic carboxylic acids is 1. The van der Waals surface area contributed by atoms with Crippen molar-refractivity contribution in [1.29, 1.82) is 0 Å². The van der Waals surface area contributed by atoms with E-state index in [1.807, 2.05) is 5.32 Å². The number of carboxylic acids is 1. The van der Waals surface area contributed by atoms with E-state index in [1.54, 1.807) is 41.5 Å². The normalized spacial score (nSPS) is 12.9. The Labute approximate surface area is 155 Å². The van der Waals surface area contributed by atoms with Crippen molar-refractivity contribution in [2.24, 2.45) is 0 Å². The van der Waals surface area contributed by atoms with Crippen LogP contribution in [0.1, 0.15) is 63.5 Å². The molecule has 7 nitrogen and oxygen atoms in total. The maximum atomic E-state index is 14.4. The number of esters is 1. The maximum absolute atomic E-state index is 14.4. The van der Waals surface area contributed by atoms with Crippen LogP contribution >= 0.6 is 0 Å². The minimum absolute atomic E-state index is 0.668. The van der Waals surface area contributed by atoms with Gasteiger partial charge in [-0.2, -0.15) is 0 Å². The second-order valence-corrected chi connectivity index (χ2v) is 7.75. The SMILES string of the molecule is CC(C)(C)OC(=O)NC(C(=O)O)c1ccc(C(=O)OC(C)(C)C)c(F)c1F. The van der Waals surface area contributed by atoms with Gasteiger partial charge in [0, 0.05) is 5.56 Å². The molecule has 0 spiro atoms. The highest BCUT2D eigenvalue weighted by Crippen LogP contribution is 2.24. The van der Waals surface area contributed by atoms with E-state index < -0.39 is 58.0 Å². The third kappa shape index (κ3) is 6.50. The Hall–Kier alpha value is -2.71. The van der Waals surface area contributed by atoms with Gasteiger partial charge in [0.05, 0.1) is 5.56 Å². The Morgan fingerprint density at radius 2 is 1.48 bits per heavy atom. The Morgan fingerprint density at radius 1 is 0.963 bits per heavy atom. The van der Waals surface area contributed by atoms with Crippen LogP contribution in [0.2, 0.25) is 0 Å². The number of alkyl carbamates (subject to hydrolysis) is 1. The van der Waals surface area contributed by atoms with Crippen molar-refractivity contribution >= 4 is 18.0 Å².